The number of nitrogens with two attached hydrogens (primary N) is 1. The van der Waals surface area contributed by atoms with Crippen LogP contribution >= 0.6 is 0 Å². The van der Waals surface area contributed by atoms with Crippen LogP contribution in [0.5, 0.6) is 11.5 Å². The van der Waals surface area contributed by atoms with E-state index in [-0.39, 0.29) is 6.42 Å². The number of ether oxygens (including phenoxy) is 3. The SMILES string of the molecule is COCc1ccc(OC)c(OC)c1C(N)CCC(=O)O. The Hall–Kier alpha value is -1.79. The van der Waals surface area contributed by atoms with Crippen molar-refractivity contribution in [3.8, 4) is 11.5 Å². The van der Waals surface area contributed by atoms with Crippen LogP contribution in [0.2, 0.25) is 0 Å². The Balaban J connectivity index is 3.19. The molecule has 0 saturated heterocycles. The van der Waals surface area contributed by atoms with Gasteiger partial charge in [0.05, 0.1) is 20.8 Å². The lowest BCUT2D eigenvalue weighted by atomic mass is 9.96. The molecule has 0 aromatic heterocycles. The fourth-order valence-corrected chi connectivity index (χ4v) is 2.10. The highest BCUT2D eigenvalue weighted by atomic mass is 16.5. The zero-order chi connectivity index (χ0) is 15.1. The summed E-state index contributed by atoms with van der Waals surface area (Å²) in [6.07, 6.45) is 0.309. The van der Waals surface area contributed by atoms with E-state index >= 15 is 0 Å². The molecule has 0 saturated carbocycles. The summed E-state index contributed by atoms with van der Waals surface area (Å²) >= 11 is 0. The lowest BCUT2D eigenvalue weighted by Gasteiger charge is -2.21. The maximum atomic E-state index is 10.7. The van der Waals surface area contributed by atoms with E-state index < -0.39 is 12.0 Å². The summed E-state index contributed by atoms with van der Waals surface area (Å²) in [5, 5.41) is 8.77. The number of rotatable bonds is 8. The van der Waals surface area contributed by atoms with Gasteiger partial charge in [-0.1, -0.05) is 6.07 Å². The van der Waals surface area contributed by atoms with Crippen molar-refractivity contribution in [2.45, 2.75) is 25.5 Å². The van der Waals surface area contributed by atoms with E-state index in [1.807, 2.05) is 6.07 Å². The molecule has 0 bridgehead atoms. The molecular weight excluding hydrogens is 262 g/mol. The van der Waals surface area contributed by atoms with Crippen LogP contribution in [0.25, 0.3) is 0 Å². The van der Waals surface area contributed by atoms with Crippen molar-refractivity contribution in [3.63, 3.8) is 0 Å². The van der Waals surface area contributed by atoms with Crippen LogP contribution < -0.4 is 15.2 Å². The van der Waals surface area contributed by atoms with Crippen molar-refractivity contribution in [2.24, 2.45) is 5.73 Å². The first kappa shape index (κ1) is 16.3. The van der Waals surface area contributed by atoms with Gasteiger partial charge in [0, 0.05) is 25.1 Å². The van der Waals surface area contributed by atoms with Gasteiger partial charge in [0.15, 0.2) is 11.5 Å². The highest BCUT2D eigenvalue weighted by Gasteiger charge is 2.21. The minimum atomic E-state index is -0.879. The molecule has 0 radical (unpaired) electrons. The van der Waals surface area contributed by atoms with Crippen molar-refractivity contribution in [1.29, 1.82) is 0 Å². The maximum absolute atomic E-state index is 10.7. The summed E-state index contributed by atoms with van der Waals surface area (Å²) in [5.74, 6) is 0.212. The molecule has 0 spiro atoms. The molecule has 20 heavy (non-hydrogen) atoms. The molecular formula is C14H21NO5. The number of hydrogen-bond acceptors (Lipinski definition) is 5. The zero-order valence-corrected chi connectivity index (χ0v) is 12.0. The smallest absolute Gasteiger partial charge is 0.303 e. The predicted molar refractivity (Wildman–Crippen MR) is 74.1 cm³/mol. The van der Waals surface area contributed by atoms with Gasteiger partial charge >= 0.3 is 5.97 Å². The number of benzene rings is 1. The number of aliphatic carboxylic acids is 1. The third-order valence-electron chi connectivity index (χ3n) is 3.01. The summed E-state index contributed by atoms with van der Waals surface area (Å²) < 4.78 is 15.8. The molecule has 0 aliphatic carbocycles. The Labute approximate surface area is 118 Å². The third-order valence-corrected chi connectivity index (χ3v) is 3.01. The molecule has 3 N–H and O–H groups in total. The molecule has 1 atom stereocenters. The van der Waals surface area contributed by atoms with E-state index in [1.165, 1.54) is 7.11 Å². The first-order valence-electron chi connectivity index (χ1n) is 6.25. The molecule has 1 rings (SSSR count). The molecule has 0 aliphatic rings. The highest BCUT2D eigenvalue weighted by molar-refractivity contribution is 5.66. The molecule has 1 aromatic carbocycles. The van der Waals surface area contributed by atoms with Gasteiger partial charge in [0.1, 0.15) is 0 Å². The lowest BCUT2D eigenvalue weighted by Crippen LogP contribution is -2.16. The molecule has 0 fully saturated rings. The Morgan fingerprint density at radius 1 is 1.30 bits per heavy atom. The van der Waals surface area contributed by atoms with Crippen LogP contribution in [0, 0.1) is 0 Å². The van der Waals surface area contributed by atoms with Gasteiger partial charge in [-0.15, -0.1) is 0 Å². The quantitative estimate of drug-likeness (QED) is 0.754. The van der Waals surface area contributed by atoms with Crippen molar-refractivity contribution in [1.82, 2.24) is 0 Å². The first-order chi connectivity index (χ1) is 9.54. The second kappa shape index (κ2) is 7.72. The second-order valence-electron chi connectivity index (χ2n) is 4.35. The predicted octanol–water partition coefficient (Wildman–Crippen LogP) is 1.71. The summed E-state index contributed by atoms with van der Waals surface area (Å²) in [6, 6.07) is 3.17. The van der Waals surface area contributed by atoms with Crippen molar-refractivity contribution >= 4 is 5.97 Å². The van der Waals surface area contributed by atoms with Crippen LogP contribution in [0.15, 0.2) is 12.1 Å². The van der Waals surface area contributed by atoms with Crippen LogP contribution in [-0.4, -0.2) is 32.4 Å². The van der Waals surface area contributed by atoms with Gasteiger partial charge in [-0.05, 0) is 18.1 Å². The third kappa shape index (κ3) is 3.85. The maximum Gasteiger partial charge on any atom is 0.303 e. The normalized spacial score (nSPS) is 12.0. The lowest BCUT2D eigenvalue weighted by molar-refractivity contribution is -0.137. The topological polar surface area (TPSA) is 91.0 Å². The van der Waals surface area contributed by atoms with E-state index in [1.54, 1.807) is 20.3 Å². The van der Waals surface area contributed by atoms with E-state index in [9.17, 15) is 4.79 Å². The van der Waals surface area contributed by atoms with Crippen LogP contribution in [0.3, 0.4) is 0 Å². The minimum Gasteiger partial charge on any atom is -0.493 e. The molecule has 1 unspecified atom stereocenters. The molecule has 0 aliphatic heterocycles. The van der Waals surface area contributed by atoms with E-state index in [0.717, 1.165) is 11.1 Å². The number of carboxylic acids is 1. The summed E-state index contributed by atoms with van der Waals surface area (Å²) in [7, 11) is 4.66. The number of carboxylic acid groups (broad SMARTS) is 1. The van der Waals surface area contributed by atoms with Gasteiger partial charge < -0.3 is 25.1 Å². The Kier molecular flexibility index (Phi) is 6.27. The first-order valence-corrected chi connectivity index (χ1v) is 6.25. The van der Waals surface area contributed by atoms with Crippen LogP contribution in [0.1, 0.15) is 30.0 Å². The summed E-state index contributed by atoms with van der Waals surface area (Å²) in [5.41, 5.74) is 7.72. The van der Waals surface area contributed by atoms with Gasteiger partial charge in [0.2, 0.25) is 0 Å². The van der Waals surface area contributed by atoms with E-state index in [0.29, 0.717) is 24.5 Å². The highest BCUT2D eigenvalue weighted by Crippen LogP contribution is 2.38. The average molecular weight is 283 g/mol. The zero-order valence-electron chi connectivity index (χ0n) is 12.0. The van der Waals surface area contributed by atoms with E-state index in [4.69, 9.17) is 25.1 Å². The van der Waals surface area contributed by atoms with Gasteiger partial charge in [-0.2, -0.15) is 0 Å². The van der Waals surface area contributed by atoms with Crippen molar-refractivity contribution < 1.29 is 24.1 Å². The van der Waals surface area contributed by atoms with Gasteiger partial charge in [-0.25, -0.2) is 0 Å². The monoisotopic (exact) mass is 283 g/mol. The fourth-order valence-electron chi connectivity index (χ4n) is 2.10. The van der Waals surface area contributed by atoms with E-state index in [2.05, 4.69) is 0 Å². The summed E-state index contributed by atoms with van der Waals surface area (Å²) in [4.78, 5) is 10.7. The van der Waals surface area contributed by atoms with Crippen LogP contribution in [-0.2, 0) is 16.1 Å². The second-order valence-corrected chi connectivity index (χ2v) is 4.35. The number of carbonyl (C=O) groups is 1. The van der Waals surface area contributed by atoms with Crippen LogP contribution in [0.4, 0.5) is 0 Å². The fraction of sp³-hybridized carbons (Fsp3) is 0.500. The Morgan fingerprint density at radius 3 is 2.50 bits per heavy atom. The molecule has 112 valence electrons. The summed E-state index contributed by atoms with van der Waals surface area (Å²) in [6.45, 7) is 0.371. The molecule has 6 heteroatoms. The average Bonchev–Trinajstić information content (AvgIpc) is 2.44. The van der Waals surface area contributed by atoms with Gasteiger partial charge in [0.25, 0.3) is 0 Å². The number of methoxy groups -OCH3 is 3. The molecule has 0 amide bonds. The molecule has 1 aromatic rings. The molecule has 0 heterocycles. The minimum absolute atomic E-state index is 0.00600. The standard InChI is InChI=1S/C14H21NO5/c1-18-8-9-4-6-11(19-2)14(20-3)13(9)10(15)5-7-12(16)17/h4,6,10H,5,7-8,15H2,1-3H3,(H,16,17). The van der Waals surface area contributed by atoms with Crippen molar-refractivity contribution in [3.05, 3.63) is 23.3 Å². The Bertz CT molecular complexity index is 461. The van der Waals surface area contributed by atoms with Crippen molar-refractivity contribution in [2.75, 3.05) is 21.3 Å². The number of hydrogen-bond donors (Lipinski definition) is 2. The molecule has 6 nitrogen and oxygen atoms in total. The largest absolute Gasteiger partial charge is 0.493 e. The van der Waals surface area contributed by atoms with Gasteiger partial charge in [-0.3, -0.25) is 4.79 Å². The Morgan fingerprint density at radius 2 is 2.00 bits per heavy atom.